The van der Waals surface area contributed by atoms with E-state index in [0.717, 1.165) is 11.6 Å². The van der Waals surface area contributed by atoms with Gasteiger partial charge in [-0.1, -0.05) is 25.1 Å². The SMILES string of the molecule is CCCN1CCC(n2ccnc2Nc2ccccc2)CC1. The summed E-state index contributed by atoms with van der Waals surface area (Å²) in [6.07, 6.45) is 7.66. The summed E-state index contributed by atoms with van der Waals surface area (Å²) >= 11 is 0. The summed E-state index contributed by atoms with van der Waals surface area (Å²) in [4.78, 5) is 7.05. The Balaban J connectivity index is 1.66. The molecule has 0 bridgehead atoms. The van der Waals surface area contributed by atoms with Gasteiger partial charge in [-0.3, -0.25) is 0 Å². The molecule has 1 aromatic heterocycles. The van der Waals surface area contributed by atoms with Crippen molar-refractivity contribution in [1.29, 1.82) is 0 Å². The number of aromatic nitrogens is 2. The van der Waals surface area contributed by atoms with Gasteiger partial charge in [0.05, 0.1) is 0 Å². The van der Waals surface area contributed by atoms with Crippen molar-refractivity contribution in [3.05, 3.63) is 42.7 Å². The van der Waals surface area contributed by atoms with E-state index in [1.54, 1.807) is 0 Å². The molecule has 1 aromatic carbocycles. The zero-order valence-corrected chi connectivity index (χ0v) is 12.7. The number of nitrogens with one attached hydrogen (secondary N) is 1. The number of hydrogen-bond acceptors (Lipinski definition) is 3. The molecule has 2 aromatic rings. The van der Waals surface area contributed by atoms with Crippen LogP contribution in [-0.2, 0) is 0 Å². The third-order valence-corrected chi connectivity index (χ3v) is 4.19. The molecule has 112 valence electrons. The lowest BCUT2D eigenvalue weighted by atomic mass is 10.0. The number of benzene rings is 1. The normalized spacial score (nSPS) is 17.0. The maximum absolute atomic E-state index is 4.48. The Morgan fingerprint density at radius 2 is 1.95 bits per heavy atom. The molecule has 1 fully saturated rings. The van der Waals surface area contributed by atoms with Gasteiger partial charge in [-0.15, -0.1) is 0 Å². The Kier molecular flexibility index (Phi) is 4.55. The molecule has 2 heterocycles. The molecule has 1 N–H and O–H groups in total. The molecule has 0 amide bonds. The second-order valence-corrected chi connectivity index (χ2v) is 5.72. The predicted molar refractivity (Wildman–Crippen MR) is 87.0 cm³/mol. The lowest BCUT2D eigenvalue weighted by Gasteiger charge is -2.33. The van der Waals surface area contributed by atoms with Gasteiger partial charge in [-0.25, -0.2) is 4.98 Å². The molecule has 0 saturated carbocycles. The highest BCUT2D eigenvalue weighted by atomic mass is 15.2. The zero-order valence-electron chi connectivity index (χ0n) is 12.7. The van der Waals surface area contributed by atoms with Gasteiger partial charge in [0.25, 0.3) is 0 Å². The highest BCUT2D eigenvalue weighted by Crippen LogP contribution is 2.26. The summed E-state index contributed by atoms with van der Waals surface area (Å²) in [5, 5.41) is 3.42. The molecule has 4 nitrogen and oxygen atoms in total. The standard InChI is InChI=1S/C17H24N4/c1-2-11-20-12-8-16(9-13-20)21-14-10-18-17(21)19-15-6-4-3-5-7-15/h3-7,10,14,16H,2,8-9,11-13H2,1H3,(H,18,19). The fourth-order valence-electron chi connectivity index (χ4n) is 3.09. The Bertz CT molecular complexity index is 541. The monoisotopic (exact) mass is 284 g/mol. The number of hydrogen-bond donors (Lipinski definition) is 1. The van der Waals surface area contributed by atoms with Crippen molar-refractivity contribution in [3.63, 3.8) is 0 Å². The number of piperidine rings is 1. The smallest absolute Gasteiger partial charge is 0.207 e. The number of nitrogens with zero attached hydrogens (tertiary/aromatic N) is 3. The van der Waals surface area contributed by atoms with Crippen LogP contribution in [0.2, 0.25) is 0 Å². The summed E-state index contributed by atoms with van der Waals surface area (Å²) in [6, 6.07) is 10.8. The Morgan fingerprint density at radius 1 is 1.19 bits per heavy atom. The second kappa shape index (κ2) is 6.76. The molecule has 1 aliphatic heterocycles. The molecule has 3 rings (SSSR count). The average Bonchev–Trinajstić information content (AvgIpc) is 2.98. The van der Waals surface area contributed by atoms with Crippen LogP contribution < -0.4 is 5.32 Å². The summed E-state index contributed by atoms with van der Waals surface area (Å²) in [5.41, 5.74) is 1.09. The van der Waals surface area contributed by atoms with Gasteiger partial charge < -0.3 is 14.8 Å². The fraction of sp³-hybridized carbons (Fsp3) is 0.471. The van der Waals surface area contributed by atoms with E-state index in [-0.39, 0.29) is 0 Å². The highest BCUT2D eigenvalue weighted by molar-refractivity contribution is 5.53. The number of likely N-dealkylation sites (tertiary alicyclic amines) is 1. The van der Waals surface area contributed by atoms with E-state index in [2.05, 4.69) is 45.0 Å². The van der Waals surface area contributed by atoms with Gasteiger partial charge in [-0.05, 0) is 37.9 Å². The number of anilines is 2. The lowest BCUT2D eigenvalue weighted by molar-refractivity contribution is 0.188. The van der Waals surface area contributed by atoms with Gasteiger partial charge in [0.1, 0.15) is 0 Å². The van der Waals surface area contributed by atoms with E-state index in [0.29, 0.717) is 6.04 Å². The molecule has 0 atom stereocenters. The van der Waals surface area contributed by atoms with Crippen molar-refractivity contribution in [2.75, 3.05) is 25.0 Å². The molecular formula is C17H24N4. The first-order chi connectivity index (χ1) is 10.4. The van der Waals surface area contributed by atoms with Gasteiger partial charge in [-0.2, -0.15) is 0 Å². The van der Waals surface area contributed by atoms with Crippen molar-refractivity contribution in [2.24, 2.45) is 0 Å². The maximum Gasteiger partial charge on any atom is 0.207 e. The minimum Gasteiger partial charge on any atom is -0.326 e. The number of rotatable bonds is 5. The lowest BCUT2D eigenvalue weighted by Crippen LogP contribution is -2.35. The molecular weight excluding hydrogens is 260 g/mol. The Hall–Kier alpha value is -1.81. The fourth-order valence-corrected chi connectivity index (χ4v) is 3.09. The second-order valence-electron chi connectivity index (χ2n) is 5.72. The quantitative estimate of drug-likeness (QED) is 0.909. The Morgan fingerprint density at radius 3 is 2.67 bits per heavy atom. The van der Waals surface area contributed by atoms with Crippen molar-refractivity contribution < 1.29 is 0 Å². The van der Waals surface area contributed by atoms with Crippen LogP contribution in [0.25, 0.3) is 0 Å². The van der Waals surface area contributed by atoms with Gasteiger partial charge in [0, 0.05) is 37.2 Å². The van der Waals surface area contributed by atoms with E-state index < -0.39 is 0 Å². The molecule has 0 radical (unpaired) electrons. The van der Waals surface area contributed by atoms with E-state index in [4.69, 9.17) is 0 Å². The minimum atomic E-state index is 0.562. The van der Waals surface area contributed by atoms with Gasteiger partial charge in [0.15, 0.2) is 0 Å². The first kappa shape index (κ1) is 14.1. The molecule has 0 unspecified atom stereocenters. The number of imidazole rings is 1. The van der Waals surface area contributed by atoms with E-state index in [1.165, 1.54) is 38.9 Å². The highest BCUT2D eigenvalue weighted by Gasteiger charge is 2.21. The van der Waals surface area contributed by atoms with E-state index in [1.807, 2.05) is 24.4 Å². The van der Waals surface area contributed by atoms with Crippen LogP contribution in [-0.4, -0.2) is 34.1 Å². The van der Waals surface area contributed by atoms with E-state index >= 15 is 0 Å². The van der Waals surface area contributed by atoms with Gasteiger partial charge in [0.2, 0.25) is 5.95 Å². The molecule has 0 aliphatic carbocycles. The van der Waals surface area contributed by atoms with Crippen LogP contribution >= 0.6 is 0 Å². The molecule has 1 saturated heterocycles. The molecule has 1 aliphatic rings. The largest absolute Gasteiger partial charge is 0.326 e. The third-order valence-electron chi connectivity index (χ3n) is 4.19. The first-order valence-corrected chi connectivity index (χ1v) is 7.94. The third kappa shape index (κ3) is 3.45. The molecule has 0 spiro atoms. The first-order valence-electron chi connectivity index (χ1n) is 7.94. The van der Waals surface area contributed by atoms with Crippen LogP contribution in [0, 0.1) is 0 Å². The van der Waals surface area contributed by atoms with Crippen molar-refractivity contribution in [3.8, 4) is 0 Å². The summed E-state index contributed by atoms with van der Waals surface area (Å²) in [7, 11) is 0. The summed E-state index contributed by atoms with van der Waals surface area (Å²) < 4.78 is 2.30. The zero-order chi connectivity index (χ0) is 14.5. The average molecular weight is 284 g/mol. The molecule has 4 heteroatoms. The predicted octanol–water partition coefficient (Wildman–Crippen LogP) is 3.67. The van der Waals surface area contributed by atoms with Crippen LogP contribution in [0.4, 0.5) is 11.6 Å². The summed E-state index contributed by atoms with van der Waals surface area (Å²) in [5.74, 6) is 0.954. The van der Waals surface area contributed by atoms with Crippen molar-refractivity contribution in [2.45, 2.75) is 32.2 Å². The topological polar surface area (TPSA) is 33.1 Å². The van der Waals surface area contributed by atoms with Gasteiger partial charge >= 0.3 is 0 Å². The van der Waals surface area contributed by atoms with Crippen molar-refractivity contribution in [1.82, 2.24) is 14.5 Å². The summed E-state index contributed by atoms with van der Waals surface area (Å²) in [6.45, 7) is 5.87. The van der Waals surface area contributed by atoms with Crippen LogP contribution in [0.3, 0.4) is 0 Å². The molecule has 21 heavy (non-hydrogen) atoms. The maximum atomic E-state index is 4.48. The minimum absolute atomic E-state index is 0.562. The van der Waals surface area contributed by atoms with E-state index in [9.17, 15) is 0 Å². The van der Waals surface area contributed by atoms with Crippen molar-refractivity contribution >= 4 is 11.6 Å². The van der Waals surface area contributed by atoms with Crippen LogP contribution in [0.1, 0.15) is 32.2 Å². The number of para-hydroxylation sites is 1. The Labute approximate surface area is 126 Å². The van der Waals surface area contributed by atoms with Crippen LogP contribution in [0.5, 0.6) is 0 Å². The van der Waals surface area contributed by atoms with Crippen LogP contribution in [0.15, 0.2) is 42.7 Å².